The summed E-state index contributed by atoms with van der Waals surface area (Å²) in [6.45, 7) is 3.27. The van der Waals surface area contributed by atoms with Crippen LogP contribution < -0.4 is 5.73 Å². The van der Waals surface area contributed by atoms with Crippen molar-refractivity contribution in [2.75, 3.05) is 5.73 Å². The number of carbonyl (C=O) groups is 1. The van der Waals surface area contributed by atoms with Crippen molar-refractivity contribution < 1.29 is 9.32 Å². The van der Waals surface area contributed by atoms with Crippen molar-refractivity contribution in [1.82, 2.24) is 5.16 Å². The number of nitrogens with two attached hydrogens (primary N) is 1. The number of rotatable bonds is 2. The second kappa shape index (κ2) is 2.74. The van der Waals surface area contributed by atoms with Crippen LogP contribution in [0.25, 0.3) is 0 Å². The average molecular weight is 154 g/mol. The number of carbonyl (C=O) groups excluding carboxylic acids is 1. The zero-order valence-electron chi connectivity index (χ0n) is 6.50. The van der Waals surface area contributed by atoms with Crippen LogP contribution in [-0.4, -0.2) is 10.9 Å². The molecule has 0 aromatic carbocycles. The highest BCUT2D eigenvalue weighted by Crippen LogP contribution is 2.16. The Morgan fingerprint density at radius 2 is 2.45 bits per heavy atom. The predicted octanol–water partition coefficient (Wildman–Crippen LogP) is 0.949. The quantitative estimate of drug-likeness (QED) is 0.688. The van der Waals surface area contributed by atoms with Crippen LogP contribution in [0.4, 0.5) is 5.88 Å². The molecule has 0 aliphatic rings. The molecule has 0 aliphatic heterocycles. The lowest BCUT2D eigenvalue weighted by atomic mass is 10.0. The van der Waals surface area contributed by atoms with E-state index in [0.29, 0.717) is 5.69 Å². The van der Waals surface area contributed by atoms with E-state index in [1.54, 1.807) is 13.0 Å². The summed E-state index contributed by atoms with van der Waals surface area (Å²) in [5, 5.41) is 3.62. The summed E-state index contributed by atoms with van der Waals surface area (Å²) < 4.78 is 4.61. The first kappa shape index (κ1) is 7.78. The van der Waals surface area contributed by atoms with E-state index in [4.69, 9.17) is 5.73 Å². The van der Waals surface area contributed by atoms with E-state index in [1.807, 2.05) is 0 Å². The molecule has 11 heavy (non-hydrogen) atoms. The van der Waals surface area contributed by atoms with Crippen LogP contribution >= 0.6 is 0 Å². The number of Topliss-reactive ketones (excluding diaryl/α,β-unsaturated/α-hetero) is 1. The minimum Gasteiger partial charge on any atom is -0.368 e. The van der Waals surface area contributed by atoms with Gasteiger partial charge in [-0.15, -0.1) is 0 Å². The summed E-state index contributed by atoms with van der Waals surface area (Å²) >= 11 is 0. The number of ketones is 1. The Labute approximate surface area is 64.4 Å². The van der Waals surface area contributed by atoms with E-state index < -0.39 is 0 Å². The van der Waals surface area contributed by atoms with Crippen molar-refractivity contribution in [3.05, 3.63) is 11.8 Å². The molecule has 0 spiro atoms. The number of nitrogens with zero attached hydrogens (tertiary/aromatic N) is 1. The number of hydrogen-bond donors (Lipinski definition) is 1. The Kier molecular flexibility index (Phi) is 1.94. The Bertz CT molecular complexity index is 267. The van der Waals surface area contributed by atoms with E-state index in [9.17, 15) is 4.79 Å². The maximum absolute atomic E-state index is 10.8. The van der Waals surface area contributed by atoms with Crippen molar-refractivity contribution in [3.8, 4) is 0 Å². The van der Waals surface area contributed by atoms with Gasteiger partial charge in [-0.2, -0.15) is 0 Å². The zero-order valence-corrected chi connectivity index (χ0v) is 6.50. The highest BCUT2D eigenvalue weighted by atomic mass is 16.5. The van der Waals surface area contributed by atoms with Crippen molar-refractivity contribution in [1.29, 1.82) is 0 Å². The third kappa shape index (κ3) is 1.58. The summed E-state index contributed by atoms with van der Waals surface area (Å²) in [5.41, 5.74) is 5.87. The smallest absolute Gasteiger partial charge is 0.222 e. The first-order valence-electron chi connectivity index (χ1n) is 3.34. The van der Waals surface area contributed by atoms with E-state index in [2.05, 4.69) is 9.68 Å². The third-order valence-electron chi connectivity index (χ3n) is 1.60. The van der Waals surface area contributed by atoms with Crippen molar-refractivity contribution >= 4 is 11.7 Å². The molecule has 0 amide bonds. The second-order valence-electron chi connectivity index (χ2n) is 2.49. The predicted molar refractivity (Wildman–Crippen MR) is 40.0 cm³/mol. The summed E-state index contributed by atoms with van der Waals surface area (Å²) in [6, 6.07) is 1.56. The fourth-order valence-electron chi connectivity index (χ4n) is 0.716. The van der Waals surface area contributed by atoms with Gasteiger partial charge in [0.15, 0.2) is 0 Å². The molecule has 60 valence electrons. The maximum Gasteiger partial charge on any atom is 0.222 e. The van der Waals surface area contributed by atoms with Crippen molar-refractivity contribution in [2.24, 2.45) is 0 Å². The Balaban J connectivity index is 2.84. The molecule has 2 N–H and O–H groups in total. The minimum absolute atomic E-state index is 0.0540. The molecule has 1 rings (SSSR count). The molecule has 1 aromatic heterocycles. The van der Waals surface area contributed by atoms with Crippen LogP contribution in [-0.2, 0) is 4.79 Å². The number of aromatic nitrogens is 1. The lowest BCUT2D eigenvalue weighted by Gasteiger charge is -1.99. The van der Waals surface area contributed by atoms with Crippen LogP contribution in [0.3, 0.4) is 0 Å². The largest absolute Gasteiger partial charge is 0.368 e. The van der Waals surface area contributed by atoms with Crippen LogP contribution in [0.5, 0.6) is 0 Å². The third-order valence-corrected chi connectivity index (χ3v) is 1.60. The fourth-order valence-corrected chi connectivity index (χ4v) is 0.716. The molecular formula is C7H10N2O2. The standard InChI is InChI=1S/C7H10N2O2/c1-4(5(2)10)6-3-7(8)11-9-6/h3-4H,8H2,1-2H3. The molecule has 0 fully saturated rings. The van der Waals surface area contributed by atoms with E-state index in [1.165, 1.54) is 6.92 Å². The van der Waals surface area contributed by atoms with E-state index in [-0.39, 0.29) is 17.6 Å². The van der Waals surface area contributed by atoms with Gasteiger partial charge in [0, 0.05) is 6.07 Å². The van der Waals surface area contributed by atoms with Gasteiger partial charge >= 0.3 is 0 Å². The molecule has 4 nitrogen and oxygen atoms in total. The van der Waals surface area contributed by atoms with Gasteiger partial charge in [-0.1, -0.05) is 5.16 Å². The molecule has 0 aliphatic carbocycles. The summed E-state index contributed by atoms with van der Waals surface area (Å²) in [4.78, 5) is 10.8. The molecule has 0 radical (unpaired) electrons. The van der Waals surface area contributed by atoms with Gasteiger partial charge in [0.2, 0.25) is 5.88 Å². The van der Waals surface area contributed by atoms with Crippen molar-refractivity contribution in [2.45, 2.75) is 19.8 Å². The molecule has 1 unspecified atom stereocenters. The first-order chi connectivity index (χ1) is 5.11. The van der Waals surface area contributed by atoms with E-state index >= 15 is 0 Å². The Morgan fingerprint density at radius 3 is 2.82 bits per heavy atom. The van der Waals surface area contributed by atoms with Gasteiger partial charge in [0.1, 0.15) is 5.78 Å². The van der Waals surface area contributed by atoms with Crippen LogP contribution in [0.1, 0.15) is 25.5 Å². The molecule has 1 atom stereocenters. The fraction of sp³-hybridized carbons (Fsp3) is 0.429. The van der Waals surface area contributed by atoms with Gasteiger partial charge in [0.05, 0.1) is 11.6 Å². The van der Waals surface area contributed by atoms with Crippen molar-refractivity contribution in [3.63, 3.8) is 0 Å². The molecule has 1 heterocycles. The summed E-state index contributed by atoms with van der Waals surface area (Å²) in [7, 11) is 0. The molecule has 0 bridgehead atoms. The topological polar surface area (TPSA) is 69.1 Å². The normalized spacial score (nSPS) is 12.9. The molecule has 0 saturated carbocycles. The van der Waals surface area contributed by atoms with Gasteiger partial charge in [-0.3, -0.25) is 4.79 Å². The zero-order chi connectivity index (χ0) is 8.43. The lowest BCUT2D eigenvalue weighted by molar-refractivity contribution is -0.118. The van der Waals surface area contributed by atoms with Crippen LogP contribution in [0.15, 0.2) is 10.6 Å². The summed E-state index contributed by atoms with van der Waals surface area (Å²) in [5.74, 6) is 0.0717. The maximum atomic E-state index is 10.8. The Morgan fingerprint density at radius 1 is 1.82 bits per heavy atom. The van der Waals surface area contributed by atoms with Crippen LogP contribution in [0.2, 0.25) is 0 Å². The molecular weight excluding hydrogens is 144 g/mol. The highest BCUT2D eigenvalue weighted by Gasteiger charge is 2.14. The highest BCUT2D eigenvalue weighted by molar-refractivity contribution is 5.82. The van der Waals surface area contributed by atoms with E-state index in [0.717, 1.165) is 0 Å². The minimum atomic E-state index is -0.226. The second-order valence-corrected chi connectivity index (χ2v) is 2.49. The Hall–Kier alpha value is -1.32. The molecule has 0 saturated heterocycles. The molecule has 4 heteroatoms. The van der Waals surface area contributed by atoms with Gasteiger partial charge in [0.25, 0.3) is 0 Å². The van der Waals surface area contributed by atoms with Gasteiger partial charge in [-0.25, -0.2) is 0 Å². The van der Waals surface area contributed by atoms with Gasteiger partial charge in [-0.05, 0) is 13.8 Å². The monoisotopic (exact) mass is 154 g/mol. The van der Waals surface area contributed by atoms with Gasteiger partial charge < -0.3 is 10.3 Å². The number of anilines is 1. The average Bonchev–Trinajstić information content (AvgIpc) is 2.34. The van der Waals surface area contributed by atoms with Crippen LogP contribution in [0, 0.1) is 0 Å². The number of nitrogen functional groups attached to an aromatic ring is 1. The summed E-state index contributed by atoms with van der Waals surface area (Å²) in [6.07, 6.45) is 0. The molecule has 1 aromatic rings. The number of hydrogen-bond acceptors (Lipinski definition) is 4. The first-order valence-corrected chi connectivity index (χ1v) is 3.34. The lowest BCUT2D eigenvalue weighted by Crippen LogP contribution is -2.03. The SMILES string of the molecule is CC(=O)C(C)c1cc(N)on1.